The topological polar surface area (TPSA) is 12.5 Å². The fourth-order valence-electron chi connectivity index (χ4n) is 3.74. The van der Waals surface area contributed by atoms with Crippen molar-refractivity contribution in [2.75, 3.05) is 13.1 Å². The van der Waals surface area contributed by atoms with Gasteiger partial charge in [0.2, 0.25) is 0 Å². The van der Waals surface area contributed by atoms with Crippen LogP contribution < -0.4 is 4.74 Å². The maximum atomic E-state index is 13.7. The zero-order valence-corrected chi connectivity index (χ0v) is 14.6. The van der Waals surface area contributed by atoms with E-state index in [2.05, 4.69) is 4.90 Å². The number of alkyl halides is 1. The molecule has 1 aliphatic carbocycles. The average molecular weight is 366 g/mol. The molecule has 3 atom stereocenters. The van der Waals surface area contributed by atoms with Crippen LogP contribution in [-0.2, 0) is 6.42 Å². The Bertz CT molecular complexity index is 754. The van der Waals surface area contributed by atoms with Crippen LogP contribution in [-0.4, -0.2) is 30.2 Å². The van der Waals surface area contributed by atoms with E-state index >= 15 is 0 Å². The highest BCUT2D eigenvalue weighted by molar-refractivity contribution is 6.32. The zero-order chi connectivity index (χ0) is 16.7. The first kappa shape index (κ1) is 16.2. The molecule has 0 spiro atoms. The van der Waals surface area contributed by atoms with Gasteiger partial charge in [0.25, 0.3) is 0 Å². The van der Waals surface area contributed by atoms with E-state index in [4.69, 9.17) is 27.9 Å². The Hall–Kier alpha value is -1.29. The maximum absolute atomic E-state index is 13.7. The van der Waals surface area contributed by atoms with Gasteiger partial charge in [-0.2, -0.15) is 0 Å². The first-order chi connectivity index (χ1) is 11.6. The fourth-order valence-corrected chi connectivity index (χ4v) is 4.10. The van der Waals surface area contributed by atoms with Gasteiger partial charge in [-0.15, -0.1) is 0 Å². The Morgan fingerprint density at radius 1 is 1.12 bits per heavy atom. The maximum Gasteiger partial charge on any atom is 0.140 e. The number of hydrogen-bond donors (Lipinski definition) is 0. The van der Waals surface area contributed by atoms with Gasteiger partial charge < -0.3 is 4.74 Å². The van der Waals surface area contributed by atoms with Crippen LogP contribution >= 0.6 is 23.2 Å². The normalized spacial score (nSPS) is 26.5. The summed E-state index contributed by atoms with van der Waals surface area (Å²) in [6.45, 7) is 1.23. The highest BCUT2D eigenvalue weighted by Gasteiger charge is 2.41. The fraction of sp³-hybridized carbons (Fsp3) is 0.368. The molecule has 24 heavy (non-hydrogen) atoms. The third-order valence-electron chi connectivity index (χ3n) is 4.91. The molecular formula is C19H18Cl2FNO. The van der Waals surface area contributed by atoms with Crippen LogP contribution in [0.3, 0.4) is 0 Å². The second kappa shape index (κ2) is 6.55. The SMILES string of the molecule is F[C@@H]1CCN([C@H]2Cc3ccc(Cl)cc3[C@@H]2Oc2ccccc2Cl)C1. The van der Waals surface area contributed by atoms with E-state index in [0.717, 1.165) is 18.5 Å². The van der Waals surface area contributed by atoms with Crippen molar-refractivity contribution >= 4 is 23.2 Å². The molecule has 2 aromatic rings. The number of fused-ring (bicyclic) bond motifs is 1. The van der Waals surface area contributed by atoms with Crippen LogP contribution in [0.1, 0.15) is 23.7 Å². The number of likely N-dealkylation sites (tertiary alicyclic amines) is 1. The van der Waals surface area contributed by atoms with Crippen molar-refractivity contribution in [3.63, 3.8) is 0 Å². The van der Waals surface area contributed by atoms with Gasteiger partial charge in [0.15, 0.2) is 0 Å². The van der Waals surface area contributed by atoms with Gasteiger partial charge in [0.1, 0.15) is 18.0 Å². The molecule has 0 N–H and O–H groups in total. The molecule has 1 saturated heterocycles. The molecule has 2 aliphatic rings. The smallest absolute Gasteiger partial charge is 0.140 e. The molecule has 0 unspecified atom stereocenters. The Balaban J connectivity index is 1.68. The van der Waals surface area contributed by atoms with E-state index in [9.17, 15) is 4.39 Å². The summed E-state index contributed by atoms with van der Waals surface area (Å²) in [5, 5.41) is 1.27. The molecule has 1 aliphatic heterocycles. The largest absolute Gasteiger partial charge is 0.483 e. The van der Waals surface area contributed by atoms with Crippen molar-refractivity contribution in [1.29, 1.82) is 0 Å². The van der Waals surface area contributed by atoms with E-state index in [0.29, 0.717) is 28.8 Å². The molecule has 2 nitrogen and oxygen atoms in total. The van der Waals surface area contributed by atoms with Crippen molar-refractivity contribution in [1.82, 2.24) is 4.90 Å². The number of rotatable bonds is 3. The monoisotopic (exact) mass is 365 g/mol. The van der Waals surface area contributed by atoms with Crippen LogP contribution in [0.4, 0.5) is 4.39 Å². The van der Waals surface area contributed by atoms with Gasteiger partial charge >= 0.3 is 0 Å². The molecule has 126 valence electrons. The Labute approximate surface area is 151 Å². The van der Waals surface area contributed by atoms with Crippen molar-refractivity contribution in [3.8, 4) is 5.75 Å². The third-order valence-corrected chi connectivity index (χ3v) is 5.46. The standard InChI is InChI=1S/C19H18Cl2FNO/c20-13-6-5-12-9-17(23-8-7-14(22)11-23)19(15(12)10-13)24-18-4-2-1-3-16(18)21/h1-6,10,14,17,19H,7-9,11H2/t14-,17+,19+/m1/s1. The molecule has 4 rings (SSSR count). The lowest BCUT2D eigenvalue weighted by Crippen LogP contribution is -2.38. The summed E-state index contributed by atoms with van der Waals surface area (Å²) in [5.74, 6) is 0.651. The second-order valence-corrected chi connectivity index (χ2v) is 7.31. The Kier molecular flexibility index (Phi) is 4.42. The van der Waals surface area contributed by atoms with Crippen LogP contribution in [0.25, 0.3) is 0 Å². The van der Waals surface area contributed by atoms with Gasteiger partial charge in [-0.1, -0.05) is 41.4 Å². The summed E-state index contributed by atoms with van der Waals surface area (Å²) < 4.78 is 20.0. The number of para-hydroxylation sites is 1. The predicted molar refractivity (Wildman–Crippen MR) is 94.9 cm³/mol. The molecule has 0 bridgehead atoms. The first-order valence-corrected chi connectivity index (χ1v) is 8.95. The van der Waals surface area contributed by atoms with E-state index in [-0.39, 0.29) is 12.1 Å². The van der Waals surface area contributed by atoms with E-state index in [1.54, 1.807) is 0 Å². The van der Waals surface area contributed by atoms with Crippen molar-refractivity contribution in [2.24, 2.45) is 0 Å². The Morgan fingerprint density at radius 3 is 2.71 bits per heavy atom. The van der Waals surface area contributed by atoms with Gasteiger partial charge in [0.05, 0.1) is 11.1 Å². The summed E-state index contributed by atoms with van der Waals surface area (Å²) in [4.78, 5) is 2.19. The summed E-state index contributed by atoms with van der Waals surface area (Å²) in [7, 11) is 0. The summed E-state index contributed by atoms with van der Waals surface area (Å²) in [6, 6.07) is 13.5. The molecule has 0 amide bonds. The van der Waals surface area contributed by atoms with E-state index in [1.165, 1.54) is 5.56 Å². The number of nitrogens with zero attached hydrogens (tertiary/aromatic N) is 1. The molecule has 1 fully saturated rings. The average Bonchev–Trinajstić information content (AvgIpc) is 3.14. The minimum atomic E-state index is -0.752. The number of hydrogen-bond acceptors (Lipinski definition) is 2. The van der Waals surface area contributed by atoms with Crippen molar-refractivity contribution in [3.05, 3.63) is 63.6 Å². The quantitative estimate of drug-likeness (QED) is 0.751. The third kappa shape index (κ3) is 3.01. The molecule has 0 aromatic heterocycles. The minimum absolute atomic E-state index is 0.107. The number of benzene rings is 2. The highest BCUT2D eigenvalue weighted by Crippen LogP contribution is 2.41. The lowest BCUT2D eigenvalue weighted by molar-refractivity contribution is 0.0898. The van der Waals surface area contributed by atoms with Gasteiger partial charge in [-0.05, 0) is 48.2 Å². The number of ether oxygens (including phenoxy) is 1. The second-order valence-electron chi connectivity index (χ2n) is 6.46. The van der Waals surface area contributed by atoms with E-state index < -0.39 is 6.17 Å². The van der Waals surface area contributed by atoms with Gasteiger partial charge in [-0.3, -0.25) is 4.90 Å². The summed E-state index contributed by atoms with van der Waals surface area (Å²) >= 11 is 12.5. The van der Waals surface area contributed by atoms with Crippen LogP contribution in [0.15, 0.2) is 42.5 Å². The molecule has 1 heterocycles. The van der Waals surface area contributed by atoms with Crippen LogP contribution in [0, 0.1) is 0 Å². The van der Waals surface area contributed by atoms with Gasteiger partial charge in [0, 0.05) is 18.1 Å². The molecule has 0 radical (unpaired) electrons. The molecular weight excluding hydrogens is 348 g/mol. The van der Waals surface area contributed by atoms with Crippen molar-refractivity contribution < 1.29 is 9.13 Å². The molecule has 2 aromatic carbocycles. The van der Waals surface area contributed by atoms with Gasteiger partial charge in [-0.25, -0.2) is 4.39 Å². The predicted octanol–water partition coefficient (Wildman–Crippen LogP) is 5.08. The van der Waals surface area contributed by atoms with E-state index in [1.807, 2.05) is 42.5 Å². The highest BCUT2D eigenvalue weighted by atomic mass is 35.5. The molecule has 0 saturated carbocycles. The van der Waals surface area contributed by atoms with Crippen molar-refractivity contribution in [2.45, 2.75) is 31.2 Å². The summed E-state index contributed by atoms with van der Waals surface area (Å²) in [5.41, 5.74) is 2.29. The molecule has 5 heteroatoms. The van der Waals surface area contributed by atoms with Crippen LogP contribution in [0.5, 0.6) is 5.75 Å². The summed E-state index contributed by atoms with van der Waals surface area (Å²) in [6.07, 6.45) is 0.489. The zero-order valence-electron chi connectivity index (χ0n) is 13.1. The first-order valence-electron chi connectivity index (χ1n) is 8.19. The number of halogens is 3. The van der Waals surface area contributed by atoms with Crippen LogP contribution in [0.2, 0.25) is 10.0 Å². The lowest BCUT2D eigenvalue weighted by Gasteiger charge is -2.30. The Morgan fingerprint density at radius 2 is 1.96 bits per heavy atom. The lowest BCUT2D eigenvalue weighted by atomic mass is 10.1. The minimum Gasteiger partial charge on any atom is -0.483 e.